The zero-order valence-corrected chi connectivity index (χ0v) is 12.9. The van der Waals surface area contributed by atoms with E-state index in [4.69, 9.17) is 5.11 Å². The molecule has 0 fully saturated rings. The molecule has 0 bridgehead atoms. The topological polar surface area (TPSA) is 108 Å². The summed E-state index contributed by atoms with van der Waals surface area (Å²) in [6.45, 7) is 0.882. The van der Waals surface area contributed by atoms with E-state index in [1.54, 1.807) is 7.05 Å². The van der Waals surface area contributed by atoms with Crippen LogP contribution in [0.1, 0.15) is 25.2 Å². The van der Waals surface area contributed by atoms with Gasteiger partial charge in [0.1, 0.15) is 4.88 Å². The van der Waals surface area contributed by atoms with E-state index in [-0.39, 0.29) is 17.1 Å². The highest BCUT2D eigenvalue weighted by molar-refractivity contribution is 7.84. The van der Waals surface area contributed by atoms with Crippen molar-refractivity contribution in [3.63, 3.8) is 0 Å². The predicted octanol–water partition coefficient (Wildman–Crippen LogP) is -0.288. The molecule has 0 saturated carbocycles. The molecule has 0 aromatic carbocycles. The Labute approximate surface area is 123 Å². The van der Waals surface area contributed by atoms with Crippen LogP contribution in [0.4, 0.5) is 0 Å². The van der Waals surface area contributed by atoms with Crippen molar-refractivity contribution in [1.82, 2.24) is 15.6 Å². The molecule has 3 N–H and O–H groups in total. The number of carboxylic acid groups (broad SMARTS) is 1. The Kier molecular flexibility index (Phi) is 6.76. The standard InChI is InChI=1S/C11H17N3O4S2/c1-12-4-3-7-14-8(9(19-7)11(16)17)10(15)13-5-6-20(2)18/h12H,3-6H2,1-2H3,(H,13,15)(H,16,17). The van der Waals surface area contributed by atoms with Crippen LogP contribution in [0.15, 0.2) is 0 Å². The second-order valence-corrected chi connectivity index (χ2v) is 6.62. The molecule has 1 rings (SSSR count). The van der Waals surface area contributed by atoms with Crippen molar-refractivity contribution in [2.24, 2.45) is 0 Å². The Bertz CT molecular complexity index is 516. The minimum Gasteiger partial charge on any atom is -0.477 e. The van der Waals surface area contributed by atoms with Crippen molar-refractivity contribution in [1.29, 1.82) is 0 Å². The number of nitrogens with zero attached hydrogens (tertiary/aromatic N) is 1. The lowest BCUT2D eigenvalue weighted by atomic mass is 10.3. The summed E-state index contributed by atoms with van der Waals surface area (Å²) in [6, 6.07) is 0. The van der Waals surface area contributed by atoms with Gasteiger partial charge in [-0.15, -0.1) is 11.3 Å². The van der Waals surface area contributed by atoms with Gasteiger partial charge >= 0.3 is 5.97 Å². The number of hydrogen-bond acceptors (Lipinski definition) is 6. The molecule has 112 valence electrons. The molecule has 0 aliphatic heterocycles. The molecule has 1 aromatic rings. The number of hydrogen-bond donors (Lipinski definition) is 3. The minimum absolute atomic E-state index is 0.0637. The number of aromatic carboxylic acids is 1. The summed E-state index contributed by atoms with van der Waals surface area (Å²) >= 11 is 1.00. The summed E-state index contributed by atoms with van der Waals surface area (Å²) in [5.41, 5.74) is -0.0736. The monoisotopic (exact) mass is 319 g/mol. The molecular formula is C11H17N3O4S2. The lowest BCUT2D eigenvalue weighted by Crippen LogP contribution is -2.29. The largest absolute Gasteiger partial charge is 0.477 e. The summed E-state index contributed by atoms with van der Waals surface area (Å²) in [4.78, 5) is 27.0. The van der Waals surface area contributed by atoms with Gasteiger partial charge in [0.2, 0.25) is 0 Å². The van der Waals surface area contributed by atoms with E-state index in [0.717, 1.165) is 11.3 Å². The average molecular weight is 319 g/mol. The van der Waals surface area contributed by atoms with Crippen LogP contribution in [0.3, 0.4) is 0 Å². The van der Waals surface area contributed by atoms with Crippen LogP contribution in [-0.2, 0) is 17.2 Å². The zero-order chi connectivity index (χ0) is 15.1. The number of aromatic nitrogens is 1. The van der Waals surface area contributed by atoms with Gasteiger partial charge in [-0.3, -0.25) is 9.00 Å². The summed E-state index contributed by atoms with van der Waals surface area (Å²) in [7, 11) is 0.773. The first kappa shape index (κ1) is 16.7. The van der Waals surface area contributed by atoms with Crippen molar-refractivity contribution in [2.75, 3.05) is 32.1 Å². The number of carboxylic acids is 1. The van der Waals surface area contributed by atoms with Gasteiger partial charge in [0.05, 0.1) is 5.01 Å². The number of carbonyl (C=O) groups excluding carboxylic acids is 1. The number of carbonyl (C=O) groups is 2. The third-order valence-corrected chi connectivity index (χ3v) is 4.23. The van der Waals surface area contributed by atoms with E-state index in [2.05, 4.69) is 15.6 Å². The highest BCUT2D eigenvalue weighted by atomic mass is 32.2. The number of likely N-dealkylation sites (N-methyl/N-ethyl adjacent to an activating group) is 1. The third kappa shape index (κ3) is 4.99. The highest BCUT2D eigenvalue weighted by Gasteiger charge is 2.22. The Morgan fingerprint density at radius 2 is 2.10 bits per heavy atom. The van der Waals surface area contributed by atoms with E-state index >= 15 is 0 Å². The van der Waals surface area contributed by atoms with Crippen LogP contribution in [0.5, 0.6) is 0 Å². The molecule has 1 heterocycles. The van der Waals surface area contributed by atoms with E-state index < -0.39 is 22.7 Å². The van der Waals surface area contributed by atoms with Crippen LogP contribution in [0, 0.1) is 0 Å². The molecule has 7 nitrogen and oxygen atoms in total. The molecule has 20 heavy (non-hydrogen) atoms. The molecule has 9 heteroatoms. The van der Waals surface area contributed by atoms with Crippen molar-refractivity contribution < 1.29 is 18.9 Å². The van der Waals surface area contributed by atoms with Gasteiger partial charge < -0.3 is 15.7 Å². The summed E-state index contributed by atoms with van der Waals surface area (Å²) in [5, 5.41) is 15.2. The van der Waals surface area contributed by atoms with Gasteiger partial charge in [-0.1, -0.05) is 0 Å². The fourth-order valence-corrected chi connectivity index (χ4v) is 2.68. The van der Waals surface area contributed by atoms with Crippen molar-refractivity contribution >= 4 is 34.0 Å². The minimum atomic E-state index is -1.16. The molecule has 1 unspecified atom stereocenters. The van der Waals surface area contributed by atoms with Crippen molar-refractivity contribution in [3.8, 4) is 0 Å². The second kappa shape index (κ2) is 8.08. The third-order valence-electron chi connectivity index (χ3n) is 2.34. The lowest BCUT2D eigenvalue weighted by Gasteiger charge is -2.02. The van der Waals surface area contributed by atoms with Gasteiger partial charge in [0.15, 0.2) is 5.69 Å². The molecule has 1 aromatic heterocycles. The number of amides is 1. The fraction of sp³-hybridized carbons (Fsp3) is 0.545. The van der Waals surface area contributed by atoms with E-state index in [1.165, 1.54) is 6.26 Å². The molecule has 0 aliphatic carbocycles. The molecule has 1 amide bonds. The maximum Gasteiger partial charge on any atom is 0.348 e. The van der Waals surface area contributed by atoms with Crippen LogP contribution in [-0.4, -0.2) is 58.3 Å². The van der Waals surface area contributed by atoms with Crippen molar-refractivity contribution in [2.45, 2.75) is 6.42 Å². The second-order valence-electron chi connectivity index (χ2n) is 3.98. The van der Waals surface area contributed by atoms with E-state index in [1.807, 2.05) is 0 Å². The van der Waals surface area contributed by atoms with E-state index in [0.29, 0.717) is 23.7 Å². The Hall–Kier alpha value is -1.32. The van der Waals surface area contributed by atoms with Crippen LogP contribution >= 0.6 is 11.3 Å². The molecular weight excluding hydrogens is 302 g/mol. The van der Waals surface area contributed by atoms with Gasteiger partial charge in [-0.25, -0.2) is 9.78 Å². The Morgan fingerprint density at radius 1 is 1.40 bits per heavy atom. The van der Waals surface area contributed by atoms with Crippen molar-refractivity contribution in [3.05, 3.63) is 15.6 Å². The highest BCUT2D eigenvalue weighted by Crippen LogP contribution is 2.19. The van der Waals surface area contributed by atoms with Gasteiger partial charge in [-0.05, 0) is 7.05 Å². The van der Waals surface area contributed by atoms with Gasteiger partial charge in [0.25, 0.3) is 5.91 Å². The summed E-state index contributed by atoms with van der Waals surface area (Å²) < 4.78 is 10.9. The Morgan fingerprint density at radius 3 is 2.65 bits per heavy atom. The maximum absolute atomic E-state index is 11.9. The van der Waals surface area contributed by atoms with Gasteiger partial charge in [-0.2, -0.15) is 0 Å². The van der Waals surface area contributed by atoms with Crippen LogP contribution < -0.4 is 10.6 Å². The van der Waals surface area contributed by atoms with Crippen LogP contribution in [0.25, 0.3) is 0 Å². The Balaban J connectivity index is 2.80. The molecule has 0 spiro atoms. The molecule has 0 saturated heterocycles. The number of rotatable bonds is 8. The first-order valence-corrected chi connectivity index (χ1v) is 8.46. The molecule has 0 radical (unpaired) electrons. The summed E-state index contributed by atoms with van der Waals surface area (Å²) in [5.74, 6) is -1.38. The lowest BCUT2D eigenvalue weighted by molar-refractivity contribution is 0.0696. The van der Waals surface area contributed by atoms with Crippen LogP contribution in [0.2, 0.25) is 0 Å². The predicted molar refractivity (Wildman–Crippen MR) is 78.0 cm³/mol. The van der Waals surface area contributed by atoms with E-state index in [9.17, 15) is 13.8 Å². The quantitative estimate of drug-likeness (QED) is 0.608. The SMILES string of the molecule is CNCCc1nc(C(=O)NCCS(C)=O)c(C(=O)O)s1. The number of thiazole rings is 1. The smallest absolute Gasteiger partial charge is 0.348 e. The first-order valence-electron chi connectivity index (χ1n) is 5.91. The molecule has 1 atom stereocenters. The average Bonchev–Trinajstić information content (AvgIpc) is 2.80. The number of nitrogens with one attached hydrogen (secondary N) is 2. The fourth-order valence-electron chi connectivity index (χ4n) is 1.39. The maximum atomic E-state index is 11.9. The first-order chi connectivity index (χ1) is 9.45. The molecule has 0 aliphatic rings. The summed E-state index contributed by atoms with van der Waals surface area (Å²) in [6.07, 6.45) is 2.10. The normalized spacial score (nSPS) is 12.1. The van der Waals surface area contributed by atoms with Gasteiger partial charge in [0, 0.05) is 42.3 Å². The zero-order valence-electron chi connectivity index (χ0n) is 11.3.